The molecule has 3 aliphatic rings. The van der Waals surface area contributed by atoms with Crippen molar-refractivity contribution < 1.29 is 19.1 Å². The van der Waals surface area contributed by atoms with Gasteiger partial charge in [-0.2, -0.15) is 0 Å². The molecule has 27 heavy (non-hydrogen) atoms. The first kappa shape index (κ1) is 18.5. The van der Waals surface area contributed by atoms with Crippen LogP contribution in [0.2, 0.25) is 0 Å². The Morgan fingerprint density at radius 2 is 1.89 bits per heavy atom. The van der Waals surface area contributed by atoms with Gasteiger partial charge < -0.3 is 15.2 Å². The monoisotopic (exact) mass is 371 g/mol. The molecule has 146 valence electrons. The number of carbonyl (C=O) groups is 2. The van der Waals surface area contributed by atoms with E-state index < -0.39 is 0 Å². The number of hydrogen-bond donors (Lipinski definition) is 1. The number of carbonyl (C=O) groups excluding carboxylic acids is 2. The van der Waals surface area contributed by atoms with Gasteiger partial charge in [-0.3, -0.25) is 9.59 Å². The highest BCUT2D eigenvalue weighted by Gasteiger charge is 2.56. The molecule has 0 aliphatic heterocycles. The summed E-state index contributed by atoms with van der Waals surface area (Å²) in [6.45, 7) is 5.23. The van der Waals surface area contributed by atoms with Crippen molar-refractivity contribution in [3.8, 4) is 5.75 Å². The molecule has 0 saturated heterocycles. The average Bonchev–Trinajstić information content (AvgIpc) is 2.91. The van der Waals surface area contributed by atoms with Gasteiger partial charge in [0, 0.05) is 25.3 Å². The summed E-state index contributed by atoms with van der Waals surface area (Å²) in [6.07, 6.45) is 5.18. The second-order valence-electron chi connectivity index (χ2n) is 8.82. The zero-order valence-electron chi connectivity index (χ0n) is 16.4. The molecule has 6 unspecified atom stereocenters. The van der Waals surface area contributed by atoms with Crippen LogP contribution >= 0.6 is 0 Å². The third-order valence-corrected chi connectivity index (χ3v) is 7.30. The van der Waals surface area contributed by atoms with Crippen LogP contribution < -0.4 is 10.5 Å². The van der Waals surface area contributed by atoms with Gasteiger partial charge in [0.25, 0.3) is 0 Å². The highest BCUT2D eigenvalue weighted by Crippen LogP contribution is 2.62. The zero-order chi connectivity index (χ0) is 19.3. The fourth-order valence-corrected chi connectivity index (χ4v) is 6.21. The van der Waals surface area contributed by atoms with Crippen LogP contribution in [-0.2, 0) is 14.3 Å². The first-order valence-electron chi connectivity index (χ1n) is 10.0. The molecule has 5 nitrogen and oxygen atoms in total. The second-order valence-corrected chi connectivity index (χ2v) is 8.82. The fraction of sp³-hybridized carbons (Fsp3) is 0.636. The highest BCUT2D eigenvalue weighted by atomic mass is 16.5. The predicted octanol–water partition coefficient (Wildman–Crippen LogP) is 3.86. The van der Waals surface area contributed by atoms with Crippen molar-refractivity contribution in [3.05, 3.63) is 29.3 Å². The van der Waals surface area contributed by atoms with Crippen LogP contribution in [0.15, 0.2) is 18.2 Å². The van der Waals surface area contributed by atoms with Crippen LogP contribution in [0.25, 0.3) is 0 Å². The molecule has 2 fully saturated rings. The second kappa shape index (κ2) is 6.62. The van der Waals surface area contributed by atoms with Crippen molar-refractivity contribution >= 4 is 11.9 Å². The van der Waals surface area contributed by atoms with E-state index in [2.05, 4.69) is 13.0 Å². The molecule has 2 N–H and O–H groups in total. The van der Waals surface area contributed by atoms with Gasteiger partial charge in [0.1, 0.15) is 11.9 Å². The van der Waals surface area contributed by atoms with E-state index in [0.29, 0.717) is 23.5 Å². The SMILES string of the molecule is CC(=O)Oc1ccc2c(c1)C(N)CC1C2CCC2(C)C(OC(C)=O)CCC12. The van der Waals surface area contributed by atoms with E-state index in [1.807, 2.05) is 12.1 Å². The maximum absolute atomic E-state index is 11.5. The minimum atomic E-state index is -0.312. The molecule has 0 radical (unpaired) electrons. The molecule has 1 aromatic rings. The molecular formula is C22H29NO4. The van der Waals surface area contributed by atoms with E-state index in [-0.39, 0.29) is 29.5 Å². The van der Waals surface area contributed by atoms with E-state index in [1.54, 1.807) is 0 Å². The molecular weight excluding hydrogens is 342 g/mol. The summed E-state index contributed by atoms with van der Waals surface area (Å²) >= 11 is 0. The first-order valence-corrected chi connectivity index (χ1v) is 10.0. The number of ether oxygens (including phenoxy) is 2. The molecule has 1 aromatic carbocycles. The quantitative estimate of drug-likeness (QED) is 0.631. The Morgan fingerprint density at radius 3 is 2.59 bits per heavy atom. The molecule has 0 bridgehead atoms. The number of rotatable bonds is 2. The molecule has 0 spiro atoms. The Kier molecular flexibility index (Phi) is 4.53. The molecule has 5 heteroatoms. The maximum atomic E-state index is 11.5. The number of fused-ring (bicyclic) bond motifs is 5. The lowest BCUT2D eigenvalue weighted by Gasteiger charge is -2.51. The fourth-order valence-electron chi connectivity index (χ4n) is 6.21. The maximum Gasteiger partial charge on any atom is 0.308 e. The van der Waals surface area contributed by atoms with Gasteiger partial charge in [-0.05, 0) is 73.1 Å². The summed E-state index contributed by atoms with van der Waals surface area (Å²) in [5.41, 5.74) is 9.06. The predicted molar refractivity (Wildman–Crippen MR) is 101 cm³/mol. The smallest absolute Gasteiger partial charge is 0.308 e. The minimum Gasteiger partial charge on any atom is -0.462 e. The van der Waals surface area contributed by atoms with Crippen molar-refractivity contribution in [2.24, 2.45) is 23.0 Å². The van der Waals surface area contributed by atoms with Crippen LogP contribution in [0, 0.1) is 17.3 Å². The van der Waals surface area contributed by atoms with Crippen molar-refractivity contribution in [2.75, 3.05) is 0 Å². The third kappa shape index (κ3) is 3.06. The molecule has 0 heterocycles. The van der Waals surface area contributed by atoms with E-state index >= 15 is 0 Å². The van der Waals surface area contributed by atoms with Crippen LogP contribution in [0.5, 0.6) is 5.75 Å². The van der Waals surface area contributed by atoms with Crippen LogP contribution in [0.1, 0.15) is 76.0 Å². The van der Waals surface area contributed by atoms with Gasteiger partial charge in [0.15, 0.2) is 0 Å². The molecule has 4 rings (SSSR count). The standard InChI is InChI=1S/C22H29NO4/c1-12(24)26-14-4-5-15-16-8-9-22(3)19(6-7-21(22)27-13(2)25)17(16)11-20(23)18(15)10-14/h4-5,10,16-17,19-21H,6-9,11,23H2,1-3H3. The van der Waals surface area contributed by atoms with Gasteiger partial charge in [-0.25, -0.2) is 0 Å². The summed E-state index contributed by atoms with van der Waals surface area (Å²) in [6, 6.07) is 5.89. The Balaban J connectivity index is 1.63. The third-order valence-electron chi connectivity index (χ3n) is 7.30. The Bertz CT molecular complexity index is 776. The lowest BCUT2D eigenvalue weighted by molar-refractivity contribution is -0.154. The van der Waals surface area contributed by atoms with Crippen molar-refractivity contribution in [3.63, 3.8) is 0 Å². The number of benzene rings is 1. The first-order chi connectivity index (χ1) is 12.8. The Hall–Kier alpha value is -1.88. The number of hydrogen-bond acceptors (Lipinski definition) is 5. The van der Waals surface area contributed by atoms with Crippen molar-refractivity contribution in [1.29, 1.82) is 0 Å². The topological polar surface area (TPSA) is 78.6 Å². The lowest BCUT2D eigenvalue weighted by atomic mass is 9.55. The molecule has 3 aliphatic carbocycles. The number of esters is 2. The summed E-state index contributed by atoms with van der Waals surface area (Å²) in [7, 11) is 0. The largest absolute Gasteiger partial charge is 0.462 e. The summed E-state index contributed by atoms with van der Waals surface area (Å²) in [4.78, 5) is 22.8. The zero-order valence-corrected chi connectivity index (χ0v) is 16.4. The summed E-state index contributed by atoms with van der Waals surface area (Å²) in [5.74, 6) is 1.63. The average molecular weight is 371 g/mol. The van der Waals surface area contributed by atoms with E-state index in [0.717, 1.165) is 37.7 Å². The van der Waals surface area contributed by atoms with Gasteiger partial charge in [0.2, 0.25) is 0 Å². The molecule has 0 amide bonds. The van der Waals surface area contributed by atoms with Crippen molar-refractivity contribution in [2.45, 2.75) is 70.9 Å². The molecule has 0 aromatic heterocycles. The summed E-state index contributed by atoms with van der Waals surface area (Å²) in [5, 5.41) is 0. The van der Waals surface area contributed by atoms with Crippen LogP contribution in [-0.4, -0.2) is 18.0 Å². The Labute approximate surface area is 160 Å². The molecule has 6 atom stereocenters. The van der Waals surface area contributed by atoms with Gasteiger partial charge >= 0.3 is 11.9 Å². The highest BCUT2D eigenvalue weighted by molar-refractivity contribution is 5.69. The van der Waals surface area contributed by atoms with Crippen LogP contribution in [0.3, 0.4) is 0 Å². The Morgan fingerprint density at radius 1 is 1.11 bits per heavy atom. The van der Waals surface area contributed by atoms with Crippen molar-refractivity contribution in [1.82, 2.24) is 0 Å². The van der Waals surface area contributed by atoms with E-state index in [4.69, 9.17) is 15.2 Å². The van der Waals surface area contributed by atoms with Gasteiger partial charge in [-0.15, -0.1) is 0 Å². The van der Waals surface area contributed by atoms with Crippen LogP contribution in [0.4, 0.5) is 0 Å². The number of nitrogens with two attached hydrogens (primary N) is 1. The molecule has 2 saturated carbocycles. The van der Waals surface area contributed by atoms with Gasteiger partial charge in [-0.1, -0.05) is 13.0 Å². The lowest BCUT2D eigenvalue weighted by Crippen LogP contribution is -2.46. The van der Waals surface area contributed by atoms with E-state index in [1.165, 1.54) is 19.4 Å². The normalized spacial score (nSPS) is 37.0. The van der Waals surface area contributed by atoms with Gasteiger partial charge in [0.05, 0.1) is 0 Å². The van der Waals surface area contributed by atoms with E-state index in [9.17, 15) is 9.59 Å². The summed E-state index contributed by atoms with van der Waals surface area (Å²) < 4.78 is 11.0. The minimum absolute atomic E-state index is 0.0323.